The Balaban J connectivity index is 1.99. The highest BCUT2D eigenvalue weighted by Gasteiger charge is 2.21. The zero-order valence-electron chi connectivity index (χ0n) is 12.7. The van der Waals surface area contributed by atoms with Crippen LogP contribution in [0.1, 0.15) is 35.7 Å². The molecule has 0 spiro atoms. The van der Waals surface area contributed by atoms with Crippen molar-refractivity contribution in [2.45, 2.75) is 32.4 Å². The number of hydrogen-bond acceptors (Lipinski definition) is 3. The molecule has 0 aromatic heterocycles. The minimum atomic E-state index is -1.09. The molecular weight excluding hydrogens is 271 g/mol. The molecule has 1 aromatic carbocycles. The van der Waals surface area contributed by atoms with Crippen LogP contribution in [0.3, 0.4) is 0 Å². The molecule has 1 heterocycles. The van der Waals surface area contributed by atoms with Gasteiger partial charge in [-0.2, -0.15) is 0 Å². The van der Waals surface area contributed by atoms with Gasteiger partial charge < -0.3 is 10.0 Å². The van der Waals surface area contributed by atoms with E-state index in [0.717, 1.165) is 38.5 Å². The van der Waals surface area contributed by atoms with E-state index in [1.54, 1.807) is 6.07 Å². The third-order valence-corrected chi connectivity index (χ3v) is 4.26. The van der Waals surface area contributed by atoms with Crippen molar-refractivity contribution in [2.75, 3.05) is 26.7 Å². The van der Waals surface area contributed by atoms with E-state index in [2.05, 4.69) is 16.7 Å². The van der Waals surface area contributed by atoms with Gasteiger partial charge in [-0.25, -0.2) is 9.18 Å². The Hall–Kier alpha value is -1.46. The van der Waals surface area contributed by atoms with Crippen molar-refractivity contribution in [2.24, 2.45) is 0 Å². The summed E-state index contributed by atoms with van der Waals surface area (Å²) in [4.78, 5) is 15.6. The Morgan fingerprint density at radius 1 is 1.38 bits per heavy atom. The van der Waals surface area contributed by atoms with Crippen molar-refractivity contribution >= 4 is 5.97 Å². The first kappa shape index (κ1) is 15.9. The molecule has 1 saturated heterocycles. The largest absolute Gasteiger partial charge is 0.478 e. The Kier molecular flexibility index (Phi) is 5.31. The Bertz CT molecular complexity index is 499. The fraction of sp³-hybridized carbons (Fsp3) is 0.562. The molecule has 21 heavy (non-hydrogen) atoms. The first-order valence-electron chi connectivity index (χ1n) is 7.45. The topological polar surface area (TPSA) is 43.8 Å². The lowest BCUT2D eigenvalue weighted by Gasteiger charge is -2.36. The highest BCUT2D eigenvalue weighted by atomic mass is 19.1. The van der Waals surface area contributed by atoms with E-state index in [1.807, 2.05) is 7.05 Å². The zero-order chi connectivity index (χ0) is 15.4. The van der Waals surface area contributed by atoms with E-state index in [9.17, 15) is 9.18 Å². The number of rotatable bonds is 5. The van der Waals surface area contributed by atoms with Gasteiger partial charge in [0.2, 0.25) is 0 Å². The van der Waals surface area contributed by atoms with E-state index >= 15 is 0 Å². The number of carboxylic acid groups (broad SMARTS) is 1. The van der Waals surface area contributed by atoms with Crippen LogP contribution in [0.4, 0.5) is 4.39 Å². The molecule has 0 bridgehead atoms. The van der Waals surface area contributed by atoms with Crippen LogP contribution in [0, 0.1) is 5.82 Å². The monoisotopic (exact) mass is 294 g/mol. The second-order valence-corrected chi connectivity index (χ2v) is 5.73. The van der Waals surface area contributed by atoms with Gasteiger partial charge >= 0.3 is 5.97 Å². The summed E-state index contributed by atoms with van der Waals surface area (Å²) in [5, 5.41) is 8.99. The molecule has 1 aromatic rings. The highest BCUT2D eigenvalue weighted by Crippen LogP contribution is 2.18. The lowest BCUT2D eigenvalue weighted by atomic mass is 10.0. The van der Waals surface area contributed by atoms with Crippen LogP contribution >= 0.6 is 0 Å². The van der Waals surface area contributed by atoms with Crippen LogP contribution in [-0.4, -0.2) is 53.6 Å². The molecule has 0 amide bonds. The number of aromatic carboxylic acids is 1. The lowest BCUT2D eigenvalue weighted by Crippen LogP contribution is -2.42. The van der Waals surface area contributed by atoms with Crippen molar-refractivity contribution in [3.05, 3.63) is 35.1 Å². The summed E-state index contributed by atoms with van der Waals surface area (Å²) in [6, 6.07) is 4.52. The van der Waals surface area contributed by atoms with Crippen molar-refractivity contribution < 1.29 is 14.3 Å². The van der Waals surface area contributed by atoms with Crippen LogP contribution in [0.25, 0.3) is 0 Å². The van der Waals surface area contributed by atoms with E-state index in [0.29, 0.717) is 18.2 Å². The summed E-state index contributed by atoms with van der Waals surface area (Å²) in [6.07, 6.45) is 2.21. The third-order valence-electron chi connectivity index (χ3n) is 4.26. The Morgan fingerprint density at radius 2 is 2.05 bits per heavy atom. The molecule has 0 aliphatic carbocycles. The lowest BCUT2D eigenvalue weighted by molar-refractivity contribution is 0.0696. The number of piperidine rings is 1. The van der Waals surface area contributed by atoms with Crippen molar-refractivity contribution in [1.29, 1.82) is 0 Å². The number of nitrogens with zero attached hydrogens (tertiary/aromatic N) is 2. The average molecular weight is 294 g/mol. The molecular formula is C16H23FN2O2. The van der Waals surface area contributed by atoms with E-state index in [-0.39, 0.29) is 5.56 Å². The van der Waals surface area contributed by atoms with Crippen LogP contribution in [-0.2, 0) is 6.54 Å². The van der Waals surface area contributed by atoms with Gasteiger partial charge in [0, 0.05) is 12.6 Å². The van der Waals surface area contributed by atoms with Gasteiger partial charge in [-0.1, -0.05) is 6.92 Å². The molecule has 1 aliphatic heterocycles. The van der Waals surface area contributed by atoms with Crippen molar-refractivity contribution in [1.82, 2.24) is 9.80 Å². The molecule has 1 fully saturated rings. The maximum atomic E-state index is 13.5. The molecule has 0 unspecified atom stereocenters. The Labute approximate surface area is 125 Å². The number of likely N-dealkylation sites (tertiary alicyclic amines) is 1. The number of halogens is 1. The zero-order valence-corrected chi connectivity index (χ0v) is 12.7. The summed E-state index contributed by atoms with van der Waals surface area (Å²) in [5.74, 6) is -1.58. The molecule has 1 N–H and O–H groups in total. The van der Waals surface area contributed by atoms with Crippen molar-refractivity contribution in [3.63, 3.8) is 0 Å². The fourth-order valence-electron chi connectivity index (χ4n) is 2.96. The summed E-state index contributed by atoms with van der Waals surface area (Å²) in [5.41, 5.74) is 0.729. The standard InChI is InChI=1S/C16H23FN2O2/c1-3-19-6-4-15(5-7-19)18(2)11-12-8-13(16(20)21)10-14(17)9-12/h8-10,15H,3-7,11H2,1-2H3,(H,20,21). The molecule has 0 radical (unpaired) electrons. The molecule has 2 rings (SSSR count). The summed E-state index contributed by atoms with van der Waals surface area (Å²) in [6.45, 7) is 6.02. The smallest absolute Gasteiger partial charge is 0.335 e. The van der Waals surface area contributed by atoms with Gasteiger partial charge in [0.25, 0.3) is 0 Å². The molecule has 1 aliphatic rings. The van der Waals surface area contributed by atoms with Crippen LogP contribution in [0.15, 0.2) is 18.2 Å². The van der Waals surface area contributed by atoms with Gasteiger partial charge in [-0.15, -0.1) is 0 Å². The second kappa shape index (κ2) is 7.00. The minimum Gasteiger partial charge on any atom is -0.478 e. The van der Waals surface area contributed by atoms with Gasteiger partial charge in [-0.05, 0) is 63.3 Å². The van der Waals surface area contributed by atoms with Gasteiger partial charge in [0.1, 0.15) is 5.82 Å². The maximum absolute atomic E-state index is 13.5. The first-order valence-corrected chi connectivity index (χ1v) is 7.45. The highest BCUT2D eigenvalue weighted by molar-refractivity contribution is 5.87. The van der Waals surface area contributed by atoms with E-state index in [4.69, 9.17) is 5.11 Å². The van der Waals surface area contributed by atoms with Crippen LogP contribution in [0.5, 0.6) is 0 Å². The fourth-order valence-corrected chi connectivity index (χ4v) is 2.96. The molecule has 116 valence electrons. The summed E-state index contributed by atoms with van der Waals surface area (Å²) in [7, 11) is 2.03. The predicted octanol–water partition coefficient (Wildman–Crippen LogP) is 2.44. The summed E-state index contributed by atoms with van der Waals surface area (Å²) < 4.78 is 13.5. The number of carbonyl (C=O) groups is 1. The van der Waals surface area contributed by atoms with Gasteiger partial charge in [0.15, 0.2) is 0 Å². The number of carboxylic acids is 1. The molecule has 5 heteroatoms. The van der Waals surface area contributed by atoms with E-state index in [1.165, 1.54) is 6.07 Å². The minimum absolute atomic E-state index is 0.0132. The van der Waals surface area contributed by atoms with E-state index < -0.39 is 11.8 Å². The van der Waals surface area contributed by atoms with Crippen LogP contribution < -0.4 is 0 Å². The predicted molar refractivity (Wildman–Crippen MR) is 80.0 cm³/mol. The van der Waals surface area contributed by atoms with Gasteiger partial charge in [0.05, 0.1) is 5.56 Å². The normalized spacial score (nSPS) is 17.3. The molecule has 0 saturated carbocycles. The number of benzene rings is 1. The molecule has 0 atom stereocenters. The molecule has 4 nitrogen and oxygen atoms in total. The van der Waals surface area contributed by atoms with Crippen molar-refractivity contribution in [3.8, 4) is 0 Å². The SMILES string of the molecule is CCN1CCC(N(C)Cc2cc(F)cc(C(=O)O)c2)CC1. The third kappa shape index (κ3) is 4.25. The van der Waals surface area contributed by atoms with Gasteiger partial charge in [-0.3, -0.25) is 4.90 Å². The van der Waals surface area contributed by atoms with Crippen LogP contribution in [0.2, 0.25) is 0 Å². The first-order chi connectivity index (χ1) is 9.99. The Morgan fingerprint density at radius 3 is 2.62 bits per heavy atom. The quantitative estimate of drug-likeness (QED) is 0.906. The number of hydrogen-bond donors (Lipinski definition) is 1. The summed E-state index contributed by atoms with van der Waals surface area (Å²) >= 11 is 0. The second-order valence-electron chi connectivity index (χ2n) is 5.73. The maximum Gasteiger partial charge on any atom is 0.335 e. The average Bonchev–Trinajstić information content (AvgIpc) is 2.46.